The minimum atomic E-state index is 0.662. The summed E-state index contributed by atoms with van der Waals surface area (Å²) < 4.78 is 1.12. The van der Waals surface area contributed by atoms with Gasteiger partial charge in [0.25, 0.3) is 0 Å². The molecule has 2 nitrogen and oxygen atoms in total. The van der Waals surface area contributed by atoms with Crippen LogP contribution < -0.4 is 5.32 Å². The molecule has 2 unspecified atom stereocenters. The Kier molecular flexibility index (Phi) is 4.64. The molecule has 1 fully saturated rings. The van der Waals surface area contributed by atoms with Gasteiger partial charge in [-0.05, 0) is 43.2 Å². The molecular weight excluding hydrogens is 332 g/mol. The van der Waals surface area contributed by atoms with E-state index in [9.17, 15) is 0 Å². The first-order valence-corrected chi connectivity index (χ1v) is 9.14. The summed E-state index contributed by atoms with van der Waals surface area (Å²) in [4.78, 5) is 4.54. The van der Waals surface area contributed by atoms with Gasteiger partial charge in [0.15, 0.2) is 0 Å². The van der Waals surface area contributed by atoms with E-state index in [0.717, 1.165) is 21.8 Å². The monoisotopic (exact) mass is 350 g/mol. The van der Waals surface area contributed by atoms with Gasteiger partial charge in [0.2, 0.25) is 0 Å². The number of hydrogen-bond acceptors (Lipinski definition) is 3. The highest BCUT2D eigenvalue weighted by molar-refractivity contribution is 9.10. The van der Waals surface area contributed by atoms with Gasteiger partial charge in [0.05, 0.1) is 5.52 Å². The lowest BCUT2D eigenvalue weighted by molar-refractivity contribution is 0.526. The third kappa shape index (κ3) is 3.02. The van der Waals surface area contributed by atoms with E-state index in [1.165, 1.54) is 30.2 Å². The molecule has 0 radical (unpaired) electrons. The van der Waals surface area contributed by atoms with Crippen LogP contribution in [0.15, 0.2) is 34.9 Å². The van der Waals surface area contributed by atoms with Crippen LogP contribution in [0.1, 0.15) is 24.8 Å². The molecule has 0 saturated heterocycles. The zero-order valence-corrected chi connectivity index (χ0v) is 14.0. The summed E-state index contributed by atoms with van der Waals surface area (Å²) in [6.45, 7) is 0.909. The van der Waals surface area contributed by atoms with Crippen LogP contribution in [0.3, 0.4) is 0 Å². The topological polar surface area (TPSA) is 24.9 Å². The molecule has 0 amide bonds. The van der Waals surface area contributed by atoms with Crippen LogP contribution in [0.2, 0.25) is 0 Å². The first kappa shape index (κ1) is 14.4. The lowest BCUT2D eigenvalue weighted by Crippen LogP contribution is -2.26. The first-order chi connectivity index (χ1) is 9.78. The van der Waals surface area contributed by atoms with Gasteiger partial charge < -0.3 is 5.32 Å². The Balaban J connectivity index is 1.74. The lowest BCUT2D eigenvalue weighted by Gasteiger charge is -2.14. The highest BCUT2D eigenvalue weighted by atomic mass is 79.9. The van der Waals surface area contributed by atoms with E-state index in [0.29, 0.717) is 6.04 Å². The van der Waals surface area contributed by atoms with Gasteiger partial charge in [-0.2, -0.15) is 11.8 Å². The van der Waals surface area contributed by atoms with Crippen molar-refractivity contribution in [2.45, 2.75) is 37.1 Å². The summed E-state index contributed by atoms with van der Waals surface area (Å²) in [6.07, 6.45) is 8.03. The molecule has 1 aromatic carbocycles. The van der Waals surface area contributed by atoms with E-state index in [1.54, 1.807) is 0 Å². The summed E-state index contributed by atoms with van der Waals surface area (Å²) in [5.41, 5.74) is 2.39. The third-order valence-electron chi connectivity index (χ3n) is 4.10. The molecule has 1 N–H and O–H groups in total. The number of benzene rings is 1. The van der Waals surface area contributed by atoms with E-state index in [-0.39, 0.29) is 0 Å². The predicted molar refractivity (Wildman–Crippen MR) is 91.2 cm³/mol. The maximum absolute atomic E-state index is 4.54. The van der Waals surface area contributed by atoms with Crippen molar-refractivity contribution >= 4 is 38.6 Å². The highest BCUT2D eigenvalue weighted by Gasteiger charge is 2.23. The summed E-state index contributed by atoms with van der Waals surface area (Å²) in [6, 6.07) is 9.07. The van der Waals surface area contributed by atoms with Crippen molar-refractivity contribution in [3.8, 4) is 0 Å². The van der Waals surface area contributed by atoms with Crippen LogP contribution in [-0.4, -0.2) is 22.5 Å². The second kappa shape index (κ2) is 6.46. The summed E-state index contributed by atoms with van der Waals surface area (Å²) in [5.74, 6) is 0. The van der Waals surface area contributed by atoms with Crippen molar-refractivity contribution in [1.29, 1.82) is 0 Å². The average Bonchev–Trinajstić information content (AvgIpc) is 2.95. The van der Waals surface area contributed by atoms with Crippen LogP contribution in [-0.2, 0) is 6.54 Å². The molecule has 2 atom stereocenters. The molecule has 1 saturated carbocycles. The number of nitrogens with zero attached hydrogens (tertiary/aromatic N) is 1. The Hall–Kier alpha value is -0.580. The molecular formula is C16H19BrN2S. The van der Waals surface area contributed by atoms with Gasteiger partial charge in [-0.15, -0.1) is 0 Å². The first-order valence-electron chi connectivity index (χ1n) is 7.06. The van der Waals surface area contributed by atoms with E-state index < -0.39 is 0 Å². The van der Waals surface area contributed by atoms with Gasteiger partial charge in [-0.3, -0.25) is 4.98 Å². The van der Waals surface area contributed by atoms with Crippen molar-refractivity contribution in [2.24, 2.45) is 0 Å². The maximum atomic E-state index is 4.54. The molecule has 2 aromatic rings. The average molecular weight is 351 g/mol. The molecule has 1 aromatic heterocycles. The molecule has 1 heterocycles. The number of nitrogens with one attached hydrogen (secondary N) is 1. The summed E-state index contributed by atoms with van der Waals surface area (Å²) in [7, 11) is 0. The molecule has 20 heavy (non-hydrogen) atoms. The fraction of sp³-hybridized carbons (Fsp3) is 0.438. The highest BCUT2D eigenvalue weighted by Crippen LogP contribution is 2.29. The number of aromatic nitrogens is 1. The second-order valence-corrected chi connectivity index (χ2v) is 7.35. The van der Waals surface area contributed by atoms with E-state index >= 15 is 0 Å². The van der Waals surface area contributed by atoms with Crippen LogP contribution in [0.25, 0.3) is 10.9 Å². The number of rotatable bonds is 4. The number of hydrogen-bond donors (Lipinski definition) is 1. The Bertz CT molecular complexity index is 602. The Morgan fingerprint density at radius 3 is 3.05 bits per heavy atom. The molecule has 4 heteroatoms. The molecule has 1 aliphatic rings. The number of fused-ring (bicyclic) bond motifs is 1. The largest absolute Gasteiger partial charge is 0.310 e. The molecule has 0 bridgehead atoms. The van der Waals surface area contributed by atoms with E-state index in [1.807, 2.05) is 24.0 Å². The predicted octanol–water partition coefficient (Wildman–Crippen LogP) is 4.37. The van der Waals surface area contributed by atoms with E-state index in [2.05, 4.69) is 50.7 Å². The number of thioether (sulfide) groups is 1. The Morgan fingerprint density at radius 1 is 1.35 bits per heavy atom. The van der Waals surface area contributed by atoms with Gasteiger partial charge in [0, 0.05) is 33.9 Å². The molecule has 0 aliphatic heterocycles. The van der Waals surface area contributed by atoms with Crippen molar-refractivity contribution in [3.63, 3.8) is 0 Å². The minimum absolute atomic E-state index is 0.662. The van der Waals surface area contributed by atoms with Crippen molar-refractivity contribution in [1.82, 2.24) is 10.3 Å². The molecule has 1 aliphatic carbocycles. The van der Waals surface area contributed by atoms with Crippen molar-refractivity contribution in [2.75, 3.05) is 6.26 Å². The zero-order valence-electron chi connectivity index (χ0n) is 11.6. The molecule has 3 rings (SSSR count). The molecule has 106 valence electrons. The number of pyridine rings is 1. The van der Waals surface area contributed by atoms with Gasteiger partial charge in [-0.25, -0.2) is 0 Å². The van der Waals surface area contributed by atoms with Crippen LogP contribution in [0.5, 0.6) is 0 Å². The SMILES string of the molecule is CSC1CCC(NCc2ccc(Br)c3cccnc23)C1. The normalized spacial score (nSPS) is 22.5. The Labute approximate surface area is 132 Å². The Morgan fingerprint density at radius 2 is 2.25 bits per heavy atom. The smallest absolute Gasteiger partial charge is 0.0758 e. The van der Waals surface area contributed by atoms with Crippen molar-refractivity contribution in [3.05, 3.63) is 40.5 Å². The standard InChI is InChI=1S/C16H19BrN2S/c1-20-13-6-5-12(9-13)19-10-11-4-7-15(17)14-3-2-8-18-16(11)14/h2-4,7-8,12-13,19H,5-6,9-10H2,1H3. The fourth-order valence-corrected chi connectivity index (χ4v) is 4.18. The van der Waals surface area contributed by atoms with Crippen LogP contribution >= 0.6 is 27.7 Å². The summed E-state index contributed by atoms with van der Waals surface area (Å²) in [5, 5.41) is 5.74. The van der Waals surface area contributed by atoms with Crippen LogP contribution in [0.4, 0.5) is 0 Å². The maximum Gasteiger partial charge on any atom is 0.0758 e. The van der Waals surface area contributed by atoms with Gasteiger partial charge >= 0.3 is 0 Å². The van der Waals surface area contributed by atoms with Gasteiger partial charge in [-0.1, -0.05) is 28.1 Å². The third-order valence-corrected chi connectivity index (χ3v) is 5.89. The van der Waals surface area contributed by atoms with Crippen molar-refractivity contribution < 1.29 is 0 Å². The van der Waals surface area contributed by atoms with Gasteiger partial charge in [0.1, 0.15) is 0 Å². The fourth-order valence-electron chi connectivity index (χ4n) is 2.93. The van der Waals surface area contributed by atoms with E-state index in [4.69, 9.17) is 0 Å². The zero-order chi connectivity index (χ0) is 13.9. The lowest BCUT2D eigenvalue weighted by atomic mass is 10.1. The molecule has 0 spiro atoms. The quantitative estimate of drug-likeness (QED) is 0.885. The van der Waals surface area contributed by atoms with Crippen LogP contribution in [0, 0.1) is 0 Å². The summed E-state index contributed by atoms with van der Waals surface area (Å²) >= 11 is 5.61. The second-order valence-electron chi connectivity index (χ2n) is 5.35. The number of halogens is 1. The minimum Gasteiger partial charge on any atom is -0.310 e.